The highest BCUT2D eigenvalue weighted by atomic mass is 14.9. The number of rotatable bonds is 4. The van der Waals surface area contributed by atoms with Crippen molar-refractivity contribution in [2.24, 2.45) is 0 Å². The number of hydrogen-bond donors (Lipinski definition) is 1. The van der Waals surface area contributed by atoms with Crippen LogP contribution in [0.5, 0.6) is 0 Å². The minimum atomic E-state index is 0.292. The van der Waals surface area contributed by atoms with Gasteiger partial charge in [-0.05, 0) is 24.6 Å². The van der Waals surface area contributed by atoms with Gasteiger partial charge in [0.05, 0.1) is 11.6 Å². The number of benzene rings is 1. The van der Waals surface area contributed by atoms with E-state index in [1.807, 2.05) is 30.3 Å². The van der Waals surface area contributed by atoms with E-state index in [2.05, 4.69) is 24.9 Å². The van der Waals surface area contributed by atoms with Crippen molar-refractivity contribution in [1.82, 2.24) is 5.32 Å². The molecule has 0 amide bonds. The van der Waals surface area contributed by atoms with E-state index in [4.69, 9.17) is 5.26 Å². The summed E-state index contributed by atoms with van der Waals surface area (Å²) in [6.07, 6.45) is 1.83. The predicted octanol–water partition coefficient (Wildman–Crippen LogP) is 2.39. The molecular weight excluding hydrogens is 172 g/mol. The molecule has 0 fully saturated rings. The molecule has 14 heavy (non-hydrogen) atoms. The van der Waals surface area contributed by atoms with Crippen molar-refractivity contribution >= 4 is 0 Å². The molecule has 0 saturated carbocycles. The van der Waals surface area contributed by atoms with Gasteiger partial charge in [-0.15, -0.1) is 6.58 Å². The number of nitrogens with zero attached hydrogens (tertiary/aromatic N) is 1. The number of hydrogen-bond acceptors (Lipinski definition) is 2. The van der Waals surface area contributed by atoms with Gasteiger partial charge >= 0.3 is 0 Å². The third-order valence-electron chi connectivity index (χ3n) is 2.11. The Kier molecular flexibility index (Phi) is 3.90. The average Bonchev–Trinajstić information content (AvgIpc) is 2.26. The molecule has 0 bridgehead atoms. The van der Waals surface area contributed by atoms with Crippen LogP contribution in [0.1, 0.15) is 24.1 Å². The summed E-state index contributed by atoms with van der Waals surface area (Å²) in [4.78, 5) is 0. The zero-order chi connectivity index (χ0) is 10.4. The van der Waals surface area contributed by atoms with E-state index in [9.17, 15) is 0 Å². The molecule has 0 saturated heterocycles. The molecule has 0 aliphatic heterocycles. The molecule has 0 aliphatic rings. The lowest BCUT2D eigenvalue weighted by Gasteiger charge is -2.12. The molecule has 1 atom stereocenters. The molecule has 0 heterocycles. The van der Waals surface area contributed by atoms with Crippen LogP contribution in [0.25, 0.3) is 0 Å². The fourth-order valence-corrected chi connectivity index (χ4v) is 1.22. The van der Waals surface area contributed by atoms with Crippen molar-refractivity contribution in [2.75, 3.05) is 6.54 Å². The first kappa shape index (κ1) is 10.5. The van der Waals surface area contributed by atoms with Crippen molar-refractivity contribution in [3.63, 3.8) is 0 Å². The summed E-state index contributed by atoms with van der Waals surface area (Å²) in [5, 5.41) is 11.9. The lowest BCUT2D eigenvalue weighted by molar-refractivity contribution is 0.618. The smallest absolute Gasteiger partial charge is 0.0991 e. The highest BCUT2D eigenvalue weighted by Crippen LogP contribution is 2.12. The highest BCUT2D eigenvalue weighted by molar-refractivity contribution is 5.32. The van der Waals surface area contributed by atoms with Gasteiger partial charge in [0, 0.05) is 12.6 Å². The molecule has 2 heteroatoms. The molecule has 1 rings (SSSR count). The second-order valence-corrected chi connectivity index (χ2v) is 3.15. The lowest BCUT2D eigenvalue weighted by Crippen LogP contribution is -2.18. The maximum Gasteiger partial charge on any atom is 0.0991 e. The second-order valence-electron chi connectivity index (χ2n) is 3.15. The van der Waals surface area contributed by atoms with Gasteiger partial charge in [0.25, 0.3) is 0 Å². The summed E-state index contributed by atoms with van der Waals surface area (Å²) in [6, 6.07) is 10.0. The largest absolute Gasteiger partial charge is 0.307 e. The number of nitriles is 1. The van der Waals surface area contributed by atoms with Gasteiger partial charge < -0.3 is 5.32 Å². The Morgan fingerprint density at radius 1 is 1.50 bits per heavy atom. The third kappa shape index (κ3) is 2.72. The first-order valence-electron chi connectivity index (χ1n) is 4.62. The monoisotopic (exact) mass is 186 g/mol. The van der Waals surface area contributed by atoms with Crippen LogP contribution in [0.3, 0.4) is 0 Å². The zero-order valence-corrected chi connectivity index (χ0v) is 8.33. The maximum atomic E-state index is 8.63. The van der Waals surface area contributed by atoms with Crippen molar-refractivity contribution < 1.29 is 0 Å². The summed E-state index contributed by atoms with van der Waals surface area (Å²) < 4.78 is 0. The van der Waals surface area contributed by atoms with Crippen LogP contribution in [0.4, 0.5) is 0 Å². The van der Waals surface area contributed by atoms with Crippen molar-refractivity contribution in [2.45, 2.75) is 13.0 Å². The summed E-state index contributed by atoms with van der Waals surface area (Å²) >= 11 is 0. The quantitative estimate of drug-likeness (QED) is 0.733. The van der Waals surface area contributed by atoms with Gasteiger partial charge in [0.1, 0.15) is 0 Å². The molecule has 1 N–H and O–H groups in total. The Morgan fingerprint density at radius 3 is 2.64 bits per heavy atom. The minimum Gasteiger partial charge on any atom is -0.307 e. The van der Waals surface area contributed by atoms with Crippen LogP contribution in [0, 0.1) is 11.3 Å². The fourth-order valence-electron chi connectivity index (χ4n) is 1.22. The molecule has 0 spiro atoms. The SMILES string of the molecule is C=CCNC(C)c1ccc(C#N)cc1. The molecule has 72 valence electrons. The highest BCUT2D eigenvalue weighted by Gasteiger charge is 2.02. The van der Waals surface area contributed by atoms with E-state index in [1.165, 1.54) is 5.56 Å². The van der Waals surface area contributed by atoms with E-state index >= 15 is 0 Å². The minimum absolute atomic E-state index is 0.292. The van der Waals surface area contributed by atoms with E-state index < -0.39 is 0 Å². The van der Waals surface area contributed by atoms with Crippen LogP contribution < -0.4 is 5.32 Å². The van der Waals surface area contributed by atoms with E-state index in [0.717, 1.165) is 6.54 Å². The Morgan fingerprint density at radius 2 is 2.14 bits per heavy atom. The Bertz CT molecular complexity index is 332. The van der Waals surface area contributed by atoms with Gasteiger partial charge in [-0.1, -0.05) is 18.2 Å². The second kappa shape index (κ2) is 5.21. The molecule has 1 unspecified atom stereocenters. The van der Waals surface area contributed by atoms with Gasteiger partial charge in [0.2, 0.25) is 0 Å². The van der Waals surface area contributed by atoms with E-state index in [0.29, 0.717) is 11.6 Å². The Hall–Kier alpha value is -1.59. The first-order chi connectivity index (χ1) is 6.77. The summed E-state index contributed by atoms with van der Waals surface area (Å²) in [6.45, 7) is 6.53. The number of nitrogens with one attached hydrogen (secondary N) is 1. The molecule has 0 radical (unpaired) electrons. The lowest BCUT2D eigenvalue weighted by atomic mass is 10.1. The average molecular weight is 186 g/mol. The van der Waals surface area contributed by atoms with Gasteiger partial charge in [-0.2, -0.15) is 5.26 Å². The van der Waals surface area contributed by atoms with Crippen LogP contribution in [-0.4, -0.2) is 6.54 Å². The molecule has 1 aromatic rings. The predicted molar refractivity (Wildman–Crippen MR) is 57.8 cm³/mol. The van der Waals surface area contributed by atoms with Crippen molar-refractivity contribution in [3.05, 3.63) is 48.0 Å². The molecule has 0 aromatic heterocycles. The Balaban J connectivity index is 2.67. The Labute approximate surface area is 84.9 Å². The van der Waals surface area contributed by atoms with Gasteiger partial charge in [-0.3, -0.25) is 0 Å². The maximum absolute atomic E-state index is 8.63. The first-order valence-corrected chi connectivity index (χ1v) is 4.62. The topological polar surface area (TPSA) is 35.8 Å². The zero-order valence-electron chi connectivity index (χ0n) is 8.33. The van der Waals surface area contributed by atoms with Crippen LogP contribution >= 0.6 is 0 Å². The third-order valence-corrected chi connectivity index (χ3v) is 2.11. The molecule has 0 aliphatic carbocycles. The molecule has 1 aromatic carbocycles. The summed E-state index contributed by atoms with van der Waals surface area (Å²) in [5.74, 6) is 0. The van der Waals surface area contributed by atoms with Crippen molar-refractivity contribution in [1.29, 1.82) is 5.26 Å². The molecular formula is C12H14N2. The van der Waals surface area contributed by atoms with Crippen LogP contribution in [0.15, 0.2) is 36.9 Å². The van der Waals surface area contributed by atoms with Crippen LogP contribution in [-0.2, 0) is 0 Å². The van der Waals surface area contributed by atoms with Gasteiger partial charge in [0.15, 0.2) is 0 Å². The summed E-state index contributed by atoms with van der Waals surface area (Å²) in [7, 11) is 0. The standard InChI is InChI=1S/C12H14N2/c1-3-8-14-10(2)12-6-4-11(9-13)5-7-12/h3-7,10,14H,1,8H2,2H3. The van der Waals surface area contributed by atoms with Crippen LogP contribution in [0.2, 0.25) is 0 Å². The van der Waals surface area contributed by atoms with E-state index in [1.54, 1.807) is 0 Å². The fraction of sp³-hybridized carbons (Fsp3) is 0.250. The summed E-state index contributed by atoms with van der Waals surface area (Å²) in [5.41, 5.74) is 1.88. The normalized spacial score (nSPS) is 11.7. The van der Waals surface area contributed by atoms with Crippen molar-refractivity contribution in [3.8, 4) is 6.07 Å². The van der Waals surface area contributed by atoms with E-state index in [-0.39, 0.29) is 0 Å². The van der Waals surface area contributed by atoms with Gasteiger partial charge in [-0.25, -0.2) is 0 Å². The molecule has 2 nitrogen and oxygen atoms in total.